The second kappa shape index (κ2) is 12.3. The second-order valence-corrected chi connectivity index (χ2v) is 6.85. The number of nitrogens with one attached hydrogen (secondary N) is 3. The van der Waals surface area contributed by atoms with Gasteiger partial charge < -0.3 is 25.8 Å². The lowest BCUT2D eigenvalue weighted by Gasteiger charge is -2.33. The van der Waals surface area contributed by atoms with Crippen molar-refractivity contribution in [2.75, 3.05) is 52.4 Å². The Morgan fingerprint density at radius 1 is 0.926 bits per heavy atom. The Bertz CT molecular complexity index is 559. The van der Waals surface area contributed by atoms with Gasteiger partial charge in [-0.1, -0.05) is 37.3 Å². The predicted molar refractivity (Wildman–Crippen MR) is 107 cm³/mol. The number of amides is 3. The summed E-state index contributed by atoms with van der Waals surface area (Å²) in [6.45, 7) is 10.1. The first kappa shape index (κ1) is 21.2. The third-order valence-corrected chi connectivity index (χ3v) is 4.84. The predicted octanol–water partition coefficient (Wildman–Crippen LogP) is 1.02. The summed E-state index contributed by atoms with van der Waals surface area (Å²) >= 11 is 0. The summed E-state index contributed by atoms with van der Waals surface area (Å²) in [6, 6.07) is 9.40. The molecule has 1 heterocycles. The summed E-state index contributed by atoms with van der Waals surface area (Å²) in [4.78, 5) is 28.5. The lowest BCUT2D eigenvalue weighted by Crippen LogP contribution is -2.46. The zero-order valence-corrected chi connectivity index (χ0v) is 16.4. The molecule has 0 bridgehead atoms. The molecule has 7 nitrogen and oxygen atoms in total. The molecule has 0 radical (unpaired) electrons. The van der Waals surface area contributed by atoms with E-state index in [1.54, 1.807) is 0 Å². The molecular formula is C20H33N5O2. The van der Waals surface area contributed by atoms with Crippen molar-refractivity contribution in [3.63, 3.8) is 0 Å². The van der Waals surface area contributed by atoms with Crippen molar-refractivity contribution in [3.05, 3.63) is 35.9 Å². The number of piperazine rings is 1. The van der Waals surface area contributed by atoms with Gasteiger partial charge in [0.15, 0.2) is 0 Å². The fourth-order valence-electron chi connectivity index (χ4n) is 3.07. The Morgan fingerprint density at radius 3 is 2.33 bits per heavy atom. The highest BCUT2D eigenvalue weighted by atomic mass is 16.2. The number of benzene rings is 1. The van der Waals surface area contributed by atoms with Crippen LogP contribution < -0.4 is 16.0 Å². The number of carbonyl (C=O) groups is 2. The maximum absolute atomic E-state index is 11.8. The fraction of sp³-hybridized carbons (Fsp3) is 0.600. The molecular weight excluding hydrogens is 342 g/mol. The average Bonchev–Trinajstić information content (AvgIpc) is 2.71. The first-order chi connectivity index (χ1) is 13.2. The van der Waals surface area contributed by atoms with Gasteiger partial charge in [-0.25, -0.2) is 4.79 Å². The van der Waals surface area contributed by atoms with Gasteiger partial charge in [-0.05, 0) is 31.5 Å². The van der Waals surface area contributed by atoms with E-state index in [0.29, 0.717) is 13.1 Å². The van der Waals surface area contributed by atoms with Crippen LogP contribution in [0.25, 0.3) is 0 Å². The summed E-state index contributed by atoms with van der Waals surface area (Å²) in [7, 11) is 0. The van der Waals surface area contributed by atoms with Crippen molar-refractivity contribution in [2.24, 2.45) is 0 Å². The van der Waals surface area contributed by atoms with Crippen LogP contribution in [0.4, 0.5) is 4.79 Å². The highest BCUT2D eigenvalue weighted by molar-refractivity contribution is 5.83. The molecule has 1 aliphatic rings. The standard InChI is InChI=1S/C20H33N5O2/c1-2-24-12-14-25(15-13-24)11-7-6-10-21-20(27)23-17-19(26)22-16-18-8-4-3-5-9-18/h3-5,8-9H,2,6-7,10-17H2,1H3,(H,22,26)(H2,21,23,27). The molecule has 1 aliphatic heterocycles. The first-order valence-corrected chi connectivity index (χ1v) is 9.94. The minimum atomic E-state index is -0.290. The second-order valence-electron chi connectivity index (χ2n) is 6.85. The molecule has 1 aromatic carbocycles. The quantitative estimate of drug-likeness (QED) is 0.534. The van der Waals surface area contributed by atoms with Gasteiger partial charge in [0.25, 0.3) is 0 Å². The number of hydrogen-bond donors (Lipinski definition) is 3. The number of hydrogen-bond acceptors (Lipinski definition) is 4. The largest absolute Gasteiger partial charge is 0.350 e. The van der Waals surface area contributed by atoms with Crippen molar-refractivity contribution < 1.29 is 9.59 Å². The molecule has 0 unspecified atom stereocenters. The normalized spacial score (nSPS) is 15.3. The summed E-state index contributed by atoms with van der Waals surface area (Å²) in [5.41, 5.74) is 1.03. The zero-order chi connectivity index (χ0) is 19.3. The third-order valence-electron chi connectivity index (χ3n) is 4.84. The summed E-state index contributed by atoms with van der Waals surface area (Å²) in [6.07, 6.45) is 2.02. The van der Waals surface area contributed by atoms with E-state index in [0.717, 1.165) is 57.7 Å². The maximum Gasteiger partial charge on any atom is 0.315 e. The van der Waals surface area contributed by atoms with E-state index in [4.69, 9.17) is 0 Å². The van der Waals surface area contributed by atoms with Crippen LogP contribution in [-0.2, 0) is 11.3 Å². The van der Waals surface area contributed by atoms with E-state index < -0.39 is 0 Å². The molecule has 2 rings (SSSR count). The number of unbranched alkanes of at least 4 members (excludes halogenated alkanes) is 1. The Balaban J connectivity index is 1.44. The highest BCUT2D eigenvalue weighted by Crippen LogP contribution is 2.02. The van der Waals surface area contributed by atoms with E-state index in [2.05, 4.69) is 32.7 Å². The summed E-state index contributed by atoms with van der Waals surface area (Å²) in [5.74, 6) is -0.194. The Morgan fingerprint density at radius 2 is 1.63 bits per heavy atom. The molecule has 3 N–H and O–H groups in total. The van der Waals surface area contributed by atoms with Gasteiger partial charge in [0.05, 0.1) is 6.54 Å². The van der Waals surface area contributed by atoms with E-state index in [9.17, 15) is 9.59 Å². The van der Waals surface area contributed by atoms with Crippen LogP contribution in [0.3, 0.4) is 0 Å². The number of urea groups is 1. The fourth-order valence-corrected chi connectivity index (χ4v) is 3.07. The van der Waals surface area contributed by atoms with Crippen molar-refractivity contribution in [3.8, 4) is 0 Å². The third kappa shape index (κ3) is 8.88. The molecule has 0 saturated carbocycles. The molecule has 150 valence electrons. The monoisotopic (exact) mass is 375 g/mol. The Kier molecular flexibility index (Phi) is 9.65. The van der Waals surface area contributed by atoms with Crippen LogP contribution in [-0.4, -0.2) is 74.1 Å². The zero-order valence-electron chi connectivity index (χ0n) is 16.4. The van der Waals surface area contributed by atoms with Gasteiger partial charge in [0.2, 0.25) is 5.91 Å². The van der Waals surface area contributed by atoms with E-state index in [1.165, 1.54) is 0 Å². The number of carbonyl (C=O) groups excluding carboxylic acids is 2. The minimum Gasteiger partial charge on any atom is -0.350 e. The first-order valence-electron chi connectivity index (χ1n) is 9.94. The molecule has 3 amide bonds. The molecule has 0 aliphatic carbocycles. The van der Waals surface area contributed by atoms with Crippen LogP contribution in [0, 0.1) is 0 Å². The Hall–Kier alpha value is -2.12. The SMILES string of the molecule is CCN1CCN(CCCCNC(=O)NCC(=O)NCc2ccccc2)CC1. The molecule has 0 spiro atoms. The van der Waals surface area contributed by atoms with Crippen LogP contribution in [0.15, 0.2) is 30.3 Å². The average molecular weight is 376 g/mol. The van der Waals surface area contributed by atoms with E-state index >= 15 is 0 Å². The summed E-state index contributed by atoms with van der Waals surface area (Å²) < 4.78 is 0. The van der Waals surface area contributed by atoms with E-state index in [1.807, 2.05) is 30.3 Å². The molecule has 1 aromatic rings. The maximum atomic E-state index is 11.8. The van der Waals surface area contributed by atoms with Gasteiger partial charge in [0, 0.05) is 39.3 Å². The van der Waals surface area contributed by atoms with Crippen LogP contribution in [0.1, 0.15) is 25.3 Å². The molecule has 1 fully saturated rings. The smallest absolute Gasteiger partial charge is 0.315 e. The molecule has 7 heteroatoms. The number of likely N-dealkylation sites (N-methyl/N-ethyl adjacent to an activating group) is 1. The molecule has 27 heavy (non-hydrogen) atoms. The van der Waals surface area contributed by atoms with Crippen molar-refractivity contribution in [1.29, 1.82) is 0 Å². The lowest BCUT2D eigenvalue weighted by atomic mass is 10.2. The molecule has 1 saturated heterocycles. The molecule has 0 atom stereocenters. The van der Waals surface area contributed by atoms with Crippen LogP contribution in [0.5, 0.6) is 0 Å². The number of nitrogens with zero attached hydrogens (tertiary/aromatic N) is 2. The van der Waals surface area contributed by atoms with Gasteiger partial charge >= 0.3 is 6.03 Å². The Labute approximate surface area is 162 Å². The van der Waals surface area contributed by atoms with Gasteiger partial charge in [0.1, 0.15) is 0 Å². The van der Waals surface area contributed by atoms with Gasteiger partial charge in [-0.3, -0.25) is 4.79 Å². The van der Waals surface area contributed by atoms with Crippen molar-refractivity contribution >= 4 is 11.9 Å². The number of rotatable bonds is 10. The minimum absolute atomic E-state index is 0.0135. The van der Waals surface area contributed by atoms with Crippen LogP contribution in [0.2, 0.25) is 0 Å². The highest BCUT2D eigenvalue weighted by Gasteiger charge is 2.14. The lowest BCUT2D eigenvalue weighted by molar-refractivity contribution is -0.120. The molecule has 0 aromatic heterocycles. The van der Waals surface area contributed by atoms with Crippen LogP contribution >= 0.6 is 0 Å². The topological polar surface area (TPSA) is 76.7 Å². The summed E-state index contributed by atoms with van der Waals surface area (Å²) in [5, 5.41) is 8.19. The van der Waals surface area contributed by atoms with Gasteiger partial charge in [-0.2, -0.15) is 0 Å². The van der Waals surface area contributed by atoms with Crippen molar-refractivity contribution in [2.45, 2.75) is 26.3 Å². The van der Waals surface area contributed by atoms with E-state index in [-0.39, 0.29) is 18.5 Å². The van der Waals surface area contributed by atoms with Gasteiger partial charge in [-0.15, -0.1) is 0 Å². The van der Waals surface area contributed by atoms with Crippen molar-refractivity contribution in [1.82, 2.24) is 25.8 Å².